The molecule has 1 fully saturated rings. The number of unbranched alkanes of at least 4 members (excludes halogenated alkanes) is 35. The van der Waals surface area contributed by atoms with Gasteiger partial charge in [0.2, 0.25) is 0 Å². The predicted molar refractivity (Wildman–Crippen MR) is 285 cm³/mol. The number of aliphatic hydroxyl groups excluding tert-OH is 3. The summed E-state index contributed by atoms with van der Waals surface area (Å²) < 4.78 is 59.4. The van der Waals surface area contributed by atoms with Crippen LogP contribution in [0.5, 0.6) is 0 Å². The third-order valence-corrected chi connectivity index (χ3v) is 14.0. The molecule has 1 rings (SSSR count). The van der Waals surface area contributed by atoms with Crippen LogP contribution in [0.15, 0.2) is 24.3 Å². The molecule has 1 aliphatic heterocycles. The molecule has 0 saturated carbocycles. The summed E-state index contributed by atoms with van der Waals surface area (Å²) in [5.74, 6) is -0.393. The summed E-state index contributed by atoms with van der Waals surface area (Å²) in [6.45, 7) is 4.04. The first-order chi connectivity index (χ1) is 34.1. The summed E-state index contributed by atoms with van der Waals surface area (Å²) in [5, 5.41) is 30.8. The molecule has 12 nitrogen and oxygen atoms in total. The molecule has 13 heteroatoms. The number of aliphatic hydroxyl groups is 3. The van der Waals surface area contributed by atoms with E-state index in [1.54, 1.807) is 0 Å². The average molecular weight is 1020 g/mol. The van der Waals surface area contributed by atoms with Crippen molar-refractivity contribution in [2.24, 2.45) is 0 Å². The van der Waals surface area contributed by atoms with Gasteiger partial charge in [-0.1, -0.05) is 244 Å². The normalized spacial score (nSPS) is 19.2. The van der Waals surface area contributed by atoms with Crippen LogP contribution >= 0.6 is 0 Å². The minimum atomic E-state index is -5.07. The van der Waals surface area contributed by atoms with Gasteiger partial charge in [-0.15, -0.1) is 0 Å². The van der Waals surface area contributed by atoms with Gasteiger partial charge in [-0.25, -0.2) is 4.18 Å². The molecule has 1 saturated heterocycles. The Balaban J connectivity index is 2.29. The summed E-state index contributed by atoms with van der Waals surface area (Å²) in [7, 11) is -5.07. The number of rotatable bonds is 52. The number of hydrogen-bond donors (Lipinski definition) is 4. The molecule has 70 heavy (non-hydrogen) atoms. The van der Waals surface area contributed by atoms with E-state index < -0.39 is 59.8 Å². The maximum absolute atomic E-state index is 13.0. The Kier molecular flexibility index (Phi) is 46.2. The molecule has 0 aromatic rings. The molecule has 0 aromatic heterocycles. The molecule has 0 aromatic carbocycles. The van der Waals surface area contributed by atoms with Crippen molar-refractivity contribution < 1.29 is 56.2 Å². The minimum Gasteiger partial charge on any atom is -0.457 e. The van der Waals surface area contributed by atoms with Crippen LogP contribution in [0, 0.1) is 0 Å². The van der Waals surface area contributed by atoms with E-state index in [1.165, 1.54) is 199 Å². The summed E-state index contributed by atoms with van der Waals surface area (Å²) in [4.78, 5) is 13.0. The van der Waals surface area contributed by atoms with Gasteiger partial charge in [-0.2, -0.15) is 8.42 Å². The monoisotopic (exact) mass is 1020 g/mol. The lowest BCUT2D eigenvalue weighted by atomic mass is 9.99. The molecule has 1 heterocycles. The SMILES string of the molecule is CCCCCCC/C=C\C/C=C\CCCCCCCCCCCCOCC(COC1OC(CO)C(O)C(OS(=O)(=O)O)C1O)OC(=O)CCCCCCCCCCCCCCCCCCCCCCC. The zero-order valence-electron chi connectivity index (χ0n) is 44.8. The van der Waals surface area contributed by atoms with Crippen LogP contribution in [0.25, 0.3) is 0 Å². The first-order valence-corrected chi connectivity index (χ1v) is 30.5. The third kappa shape index (κ3) is 41.0. The van der Waals surface area contributed by atoms with Crippen molar-refractivity contribution in [2.45, 2.75) is 307 Å². The van der Waals surface area contributed by atoms with Gasteiger partial charge in [-0.05, 0) is 44.9 Å². The maximum Gasteiger partial charge on any atom is 0.397 e. The van der Waals surface area contributed by atoms with Crippen molar-refractivity contribution >= 4 is 16.4 Å². The van der Waals surface area contributed by atoms with Crippen molar-refractivity contribution in [2.75, 3.05) is 26.4 Å². The van der Waals surface area contributed by atoms with Crippen LogP contribution in [0.3, 0.4) is 0 Å². The molecule has 0 aliphatic carbocycles. The fraction of sp³-hybridized carbons (Fsp3) is 0.912. The van der Waals surface area contributed by atoms with Gasteiger partial charge < -0.3 is 34.3 Å². The Morgan fingerprint density at radius 2 is 0.943 bits per heavy atom. The number of carbonyl (C=O) groups is 1. The highest BCUT2D eigenvalue weighted by Crippen LogP contribution is 2.26. The second kappa shape index (κ2) is 48.5. The predicted octanol–water partition coefficient (Wildman–Crippen LogP) is 14.3. The fourth-order valence-corrected chi connectivity index (χ4v) is 9.69. The Morgan fingerprint density at radius 1 is 0.543 bits per heavy atom. The molecule has 1 aliphatic rings. The van der Waals surface area contributed by atoms with Crippen molar-refractivity contribution in [3.63, 3.8) is 0 Å². The highest BCUT2D eigenvalue weighted by molar-refractivity contribution is 7.80. The van der Waals surface area contributed by atoms with E-state index in [9.17, 15) is 33.1 Å². The summed E-state index contributed by atoms with van der Waals surface area (Å²) in [5.41, 5.74) is 0. The first kappa shape index (κ1) is 66.6. The second-order valence-electron chi connectivity index (χ2n) is 20.2. The van der Waals surface area contributed by atoms with Crippen LogP contribution < -0.4 is 0 Å². The van der Waals surface area contributed by atoms with Gasteiger partial charge >= 0.3 is 16.4 Å². The van der Waals surface area contributed by atoms with Crippen molar-refractivity contribution in [1.82, 2.24) is 0 Å². The lowest BCUT2D eigenvalue weighted by Crippen LogP contribution is -2.60. The molecule has 6 atom stereocenters. The number of hydrogen-bond acceptors (Lipinski definition) is 11. The average Bonchev–Trinajstić information content (AvgIpc) is 3.34. The van der Waals surface area contributed by atoms with Gasteiger partial charge in [0, 0.05) is 13.0 Å². The second-order valence-corrected chi connectivity index (χ2v) is 21.3. The minimum absolute atomic E-state index is 0.0387. The Labute approximate surface area is 429 Å². The van der Waals surface area contributed by atoms with E-state index in [4.69, 9.17) is 18.9 Å². The van der Waals surface area contributed by atoms with E-state index >= 15 is 0 Å². The van der Waals surface area contributed by atoms with Gasteiger partial charge in [-0.3, -0.25) is 9.35 Å². The van der Waals surface area contributed by atoms with Crippen LogP contribution in [0.2, 0.25) is 0 Å². The Bertz CT molecular complexity index is 1310. The zero-order chi connectivity index (χ0) is 51.0. The van der Waals surface area contributed by atoms with Crippen LogP contribution in [-0.4, -0.2) is 97.5 Å². The highest BCUT2D eigenvalue weighted by atomic mass is 32.3. The maximum atomic E-state index is 13.0. The summed E-state index contributed by atoms with van der Waals surface area (Å²) >= 11 is 0. The standard InChI is InChI=1S/C57H108O12S/c1-3-5-7-9-11-13-15-17-19-21-23-25-27-29-31-33-35-37-39-41-43-45-47-65-49-51(50-66-57-55(61)56(69-70(62,63)64)54(60)52(48-58)68-57)67-53(59)46-44-42-40-38-36-34-32-30-28-26-24-22-20-18-16-14-12-10-8-6-4-2/h15,17,21,23,51-52,54-58,60-61H,3-14,16,18-20,22,24-50H2,1-2H3,(H,62,63,64)/b17-15-,23-21-. The number of ether oxygens (including phenoxy) is 4. The van der Waals surface area contributed by atoms with E-state index in [0.29, 0.717) is 13.0 Å². The quantitative estimate of drug-likeness (QED) is 0.0196. The van der Waals surface area contributed by atoms with Gasteiger partial charge in [0.25, 0.3) is 0 Å². The summed E-state index contributed by atoms with van der Waals surface area (Å²) in [6, 6.07) is 0. The van der Waals surface area contributed by atoms with Crippen molar-refractivity contribution in [3.05, 3.63) is 24.3 Å². The van der Waals surface area contributed by atoms with E-state index in [0.717, 1.165) is 44.9 Å². The molecule has 0 amide bonds. The molecular formula is C57H108O12S. The molecule has 6 unspecified atom stereocenters. The molecule has 0 radical (unpaired) electrons. The molecule has 4 N–H and O–H groups in total. The lowest BCUT2D eigenvalue weighted by molar-refractivity contribution is -0.301. The van der Waals surface area contributed by atoms with E-state index in [2.05, 4.69) is 42.3 Å². The smallest absolute Gasteiger partial charge is 0.397 e. The van der Waals surface area contributed by atoms with E-state index in [1.807, 2.05) is 0 Å². The van der Waals surface area contributed by atoms with Gasteiger partial charge in [0.1, 0.15) is 30.5 Å². The molecule has 0 spiro atoms. The molecule has 0 bridgehead atoms. The van der Waals surface area contributed by atoms with Gasteiger partial charge in [0.05, 0.1) is 19.8 Å². The third-order valence-electron chi connectivity index (χ3n) is 13.6. The number of esters is 1. The summed E-state index contributed by atoms with van der Waals surface area (Å²) in [6.07, 6.45) is 49.3. The van der Waals surface area contributed by atoms with Crippen LogP contribution in [0.1, 0.15) is 271 Å². The zero-order valence-corrected chi connectivity index (χ0v) is 45.7. The molecular weight excluding hydrogens is 909 g/mol. The Morgan fingerprint density at radius 3 is 1.36 bits per heavy atom. The highest BCUT2D eigenvalue weighted by Gasteiger charge is 2.48. The van der Waals surface area contributed by atoms with Gasteiger partial charge in [0.15, 0.2) is 6.29 Å². The first-order valence-electron chi connectivity index (χ1n) is 29.1. The number of carbonyl (C=O) groups excluding carboxylic acids is 1. The number of allylic oxidation sites excluding steroid dienone is 4. The van der Waals surface area contributed by atoms with Crippen molar-refractivity contribution in [3.8, 4) is 0 Å². The Hall–Kier alpha value is -1.42. The van der Waals surface area contributed by atoms with E-state index in [-0.39, 0.29) is 19.6 Å². The van der Waals surface area contributed by atoms with Crippen molar-refractivity contribution in [1.29, 1.82) is 0 Å². The largest absolute Gasteiger partial charge is 0.457 e. The molecule has 414 valence electrons. The lowest BCUT2D eigenvalue weighted by Gasteiger charge is -2.41. The fourth-order valence-electron chi connectivity index (χ4n) is 9.18. The van der Waals surface area contributed by atoms with Crippen LogP contribution in [-0.2, 0) is 38.3 Å². The topological polar surface area (TPSA) is 178 Å². The van der Waals surface area contributed by atoms with Crippen LogP contribution in [0.4, 0.5) is 0 Å².